The van der Waals surface area contributed by atoms with E-state index >= 15 is 0 Å². The number of anilines is 2. The van der Waals surface area contributed by atoms with Crippen LogP contribution in [0.5, 0.6) is 0 Å². The fourth-order valence-corrected chi connectivity index (χ4v) is 5.38. The second-order valence-corrected chi connectivity index (χ2v) is 8.79. The van der Waals surface area contributed by atoms with Gasteiger partial charge >= 0.3 is 0 Å². The molecule has 2 aliphatic rings. The Balaban J connectivity index is 1.38. The SMILES string of the molecule is O=C1C(=Cc2ccc(N3Cc4ccccc4-c4ccccc43)s2)C(=O)c2ccccc21. The Morgan fingerprint density at radius 3 is 2.03 bits per heavy atom. The highest BCUT2D eigenvalue weighted by Gasteiger charge is 2.32. The van der Waals surface area contributed by atoms with E-state index in [2.05, 4.69) is 59.5 Å². The minimum absolute atomic E-state index is 0.187. The van der Waals surface area contributed by atoms with Crippen LogP contribution in [-0.4, -0.2) is 11.6 Å². The lowest BCUT2D eigenvalue weighted by Crippen LogP contribution is -2.20. The molecule has 148 valence electrons. The molecule has 0 unspecified atom stereocenters. The molecule has 3 nitrogen and oxygen atoms in total. The molecule has 1 aromatic heterocycles. The lowest BCUT2D eigenvalue weighted by atomic mass is 9.93. The summed E-state index contributed by atoms with van der Waals surface area (Å²) in [6, 6.07) is 28.0. The number of carbonyl (C=O) groups excluding carboxylic acids is 2. The second-order valence-electron chi connectivity index (χ2n) is 7.70. The Kier molecular flexibility index (Phi) is 4.01. The largest absolute Gasteiger partial charge is 0.328 e. The average Bonchev–Trinajstić information content (AvgIpc) is 3.38. The van der Waals surface area contributed by atoms with Gasteiger partial charge in [0.25, 0.3) is 0 Å². The number of allylic oxidation sites excluding steroid dienone is 1. The van der Waals surface area contributed by atoms with Crippen molar-refractivity contribution in [2.75, 3.05) is 4.90 Å². The van der Waals surface area contributed by atoms with Gasteiger partial charge in [-0.2, -0.15) is 0 Å². The molecule has 0 fully saturated rings. The van der Waals surface area contributed by atoms with Gasteiger partial charge in [0.1, 0.15) is 0 Å². The third kappa shape index (κ3) is 2.80. The van der Waals surface area contributed by atoms with Crippen molar-refractivity contribution < 1.29 is 9.59 Å². The number of nitrogens with zero attached hydrogens (tertiary/aromatic N) is 1. The number of hydrogen-bond donors (Lipinski definition) is 0. The number of thiophene rings is 1. The fraction of sp³-hybridized carbons (Fsp3) is 0.0370. The van der Waals surface area contributed by atoms with Gasteiger partial charge in [0, 0.05) is 33.8 Å². The van der Waals surface area contributed by atoms with Gasteiger partial charge in [-0.15, -0.1) is 11.3 Å². The van der Waals surface area contributed by atoms with Crippen LogP contribution in [0, 0.1) is 0 Å². The molecular weight excluding hydrogens is 402 g/mol. The van der Waals surface area contributed by atoms with E-state index in [1.165, 1.54) is 22.4 Å². The Hall–Kier alpha value is -3.76. The number of Topliss-reactive ketones (excluding diaryl/α,β-unsaturated/α-hetero) is 2. The van der Waals surface area contributed by atoms with Crippen LogP contribution in [0.15, 0.2) is 90.5 Å². The van der Waals surface area contributed by atoms with Gasteiger partial charge in [0.15, 0.2) is 11.6 Å². The van der Waals surface area contributed by atoms with E-state index in [0.29, 0.717) is 11.1 Å². The van der Waals surface area contributed by atoms with Crippen molar-refractivity contribution in [1.82, 2.24) is 0 Å². The molecule has 0 saturated carbocycles. The molecule has 1 aliphatic carbocycles. The summed E-state index contributed by atoms with van der Waals surface area (Å²) in [5, 5.41) is 1.09. The van der Waals surface area contributed by atoms with E-state index in [1.807, 2.05) is 6.07 Å². The summed E-state index contributed by atoms with van der Waals surface area (Å²) in [6.07, 6.45) is 1.74. The number of fused-ring (bicyclic) bond motifs is 4. The van der Waals surface area contributed by atoms with Crippen molar-refractivity contribution in [2.45, 2.75) is 6.54 Å². The van der Waals surface area contributed by atoms with Crippen LogP contribution >= 0.6 is 11.3 Å². The molecule has 0 bridgehead atoms. The quantitative estimate of drug-likeness (QED) is 0.274. The molecule has 4 heteroatoms. The average molecular weight is 420 g/mol. The van der Waals surface area contributed by atoms with Gasteiger partial charge in [-0.05, 0) is 35.4 Å². The number of ketones is 2. The molecule has 0 spiro atoms. The van der Waals surface area contributed by atoms with E-state index in [4.69, 9.17) is 0 Å². The summed E-state index contributed by atoms with van der Waals surface area (Å²) >= 11 is 1.59. The number of carbonyl (C=O) groups is 2. The molecule has 3 aromatic carbocycles. The molecule has 0 atom stereocenters. The maximum absolute atomic E-state index is 12.7. The first-order valence-electron chi connectivity index (χ1n) is 10.2. The monoisotopic (exact) mass is 419 g/mol. The van der Waals surface area contributed by atoms with Crippen LogP contribution in [0.25, 0.3) is 17.2 Å². The lowest BCUT2D eigenvalue weighted by molar-refractivity contribution is 0.0990. The molecule has 4 aromatic rings. The fourth-order valence-electron chi connectivity index (χ4n) is 4.42. The summed E-state index contributed by atoms with van der Waals surface area (Å²) < 4.78 is 0. The Morgan fingerprint density at radius 1 is 0.677 bits per heavy atom. The maximum Gasteiger partial charge on any atom is 0.197 e. The van der Waals surface area contributed by atoms with Crippen molar-refractivity contribution in [2.24, 2.45) is 0 Å². The van der Waals surface area contributed by atoms with Crippen LogP contribution < -0.4 is 4.90 Å². The summed E-state index contributed by atoms with van der Waals surface area (Å²) in [5.74, 6) is -0.374. The summed E-state index contributed by atoms with van der Waals surface area (Å²) in [7, 11) is 0. The standard InChI is InChI=1S/C27H17NO2S/c29-26-21-10-3-4-11-22(21)27(30)23(26)15-18-13-14-25(31-18)28-16-17-7-1-2-8-19(17)20-9-5-6-12-24(20)28/h1-15H,16H2. The molecule has 0 amide bonds. The van der Waals surface area contributed by atoms with Crippen molar-refractivity contribution in [3.8, 4) is 11.1 Å². The van der Waals surface area contributed by atoms with E-state index in [-0.39, 0.29) is 17.1 Å². The summed E-state index contributed by atoms with van der Waals surface area (Å²) in [5.41, 5.74) is 6.18. The van der Waals surface area contributed by atoms with Gasteiger partial charge in [-0.25, -0.2) is 0 Å². The lowest BCUT2D eigenvalue weighted by Gasteiger charge is -2.31. The predicted octanol–water partition coefficient (Wildman–Crippen LogP) is 6.53. The highest BCUT2D eigenvalue weighted by atomic mass is 32.1. The molecule has 1 aliphatic heterocycles. The molecular formula is C27H17NO2S. The zero-order chi connectivity index (χ0) is 20.9. The molecule has 6 rings (SSSR count). The van der Waals surface area contributed by atoms with Gasteiger partial charge in [-0.1, -0.05) is 66.7 Å². The van der Waals surface area contributed by atoms with Crippen LogP contribution in [-0.2, 0) is 6.54 Å². The number of rotatable bonds is 2. The Labute approximate surface area is 183 Å². The molecule has 0 radical (unpaired) electrons. The van der Waals surface area contributed by atoms with Gasteiger partial charge in [0.05, 0.1) is 10.6 Å². The molecule has 0 N–H and O–H groups in total. The smallest absolute Gasteiger partial charge is 0.197 e. The van der Waals surface area contributed by atoms with E-state index in [1.54, 1.807) is 41.7 Å². The number of benzene rings is 3. The van der Waals surface area contributed by atoms with Crippen molar-refractivity contribution in [3.63, 3.8) is 0 Å². The first kappa shape index (κ1) is 18.0. The third-order valence-corrected chi connectivity index (χ3v) is 6.96. The summed E-state index contributed by atoms with van der Waals surface area (Å²) in [6.45, 7) is 0.785. The minimum atomic E-state index is -0.187. The topological polar surface area (TPSA) is 37.4 Å². The van der Waals surface area contributed by atoms with Crippen LogP contribution in [0.1, 0.15) is 31.2 Å². The number of para-hydroxylation sites is 1. The third-order valence-electron chi connectivity index (χ3n) is 5.90. The molecule has 2 heterocycles. The van der Waals surface area contributed by atoms with Gasteiger partial charge < -0.3 is 4.90 Å². The normalized spacial score (nSPS) is 14.3. The molecule has 31 heavy (non-hydrogen) atoms. The van der Waals surface area contributed by atoms with Crippen LogP contribution in [0.3, 0.4) is 0 Å². The first-order chi connectivity index (χ1) is 15.2. The number of hydrogen-bond acceptors (Lipinski definition) is 4. The minimum Gasteiger partial charge on any atom is -0.328 e. The van der Waals surface area contributed by atoms with Crippen molar-refractivity contribution in [1.29, 1.82) is 0 Å². The Morgan fingerprint density at radius 2 is 1.29 bits per heavy atom. The zero-order valence-electron chi connectivity index (χ0n) is 16.5. The predicted molar refractivity (Wildman–Crippen MR) is 125 cm³/mol. The van der Waals surface area contributed by atoms with Crippen LogP contribution in [0.4, 0.5) is 10.7 Å². The van der Waals surface area contributed by atoms with Gasteiger partial charge in [-0.3, -0.25) is 9.59 Å². The highest BCUT2D eigenvalue weighted by molar-refractivity contribution is 7.17. The van der Waals surface area contributed by atoms with Crippen molar-refractivity contribution >= 4 is 39.7 Å². The van der Waals surface area contributed by atoms with E-state index in [0.717, 1.165) is 16.4 Å². The van der Waals surface area contributed by atoms with Crippen molar-refractivity contribution in [3.05, 3.63) is 112 Å². The van der Waals surface area contributed by atoms with E-state index in [9.17, 15) is 9.59 Å². The molecule has 0 saturated heterocycles. The highest BCUT2D eigenvalue weighted by Crippen LogP contribution is 2.44. The maximum atomic E-state index is 12.7. The zero-order valence-corrected chi connectivity index (χ0v) is 17.4. The van der Waals surface area contributed by atoms with E-state index < -0.39 is 0 Å². The first-order valence-corrected chi connectivity index (χ1v) is 11.0. The Bertz CT molecular complexity index is 1380. The summed E-state index contributed by atoms with van der Waals surface area (Å²) in [4.78, 5) is 28.7. The second kappa shape index (κ2) is 6.89. The van der Waals surface area contributed by atoms with Gasteiger partial charge in [0.2, 0.25) is 0 Å². The van der Waals surface area contributed by atoms with Crippen LogP contribution in [0.2, 0.25) is 0 Å².